The van der Waals surface area contributed by atoms with Gasteiger partial charge in [0.05, 0.1) is 41.4 Å². The van der Waals surface area contributed by atoms with E-state index in [9.17, 15) is 13.2 Å². The number of methoxy groups -OCH3 is 2. The Morgan fingerprint density at radius 3 is 2.34 bits per heavy atom. The quantitative estimate of drug-likeness (QED) is 0.482. The highest BCUT2D eigenvalue weighted by atomic mass is 32.2. The number of hydrogen-bond donors (Lipinski definition) is 1. The molecule has 0 aliphatic heterocycles. The zero-order valence-corrected chi connectivity index (χ0v) is 18.5. The average molecular weight is 452 g/mol. The fourth-order valence-electron chi connectivity index (χ4n) is 3.41. The van der Waals surface area contributed by atoms with Gasteiger partial charge in [0.25, 0.3) is 15.6 Å². The first-order valence-electron chi connectivity index (χ1n) is 9.68. The lowest BCUT2D eigenvalue weighted by molar-refractivity contribution is 0.414. The van der Waals surface area contributed by atoms with Crippen molar-refractivity contribution >= 4 is 26.6 Å². The monoisotopic (exact) mass is 451 g/mol. The van der Waals surface area contributed by atoms with Crippen LogP contribution in [0.1, 0.15) is 5.82 Å². The van der Waals surface area contributed by atoms with Crippen molar-refractivity contribution in [1.82, 2.24) is 9.55 Å². The van der Waals surface area contributed by atoms with Crippen LogP contribution in [0.4, 0.5) is 5.69 Å². The fraction of sp³-hybridized carbons (Fsp3) is 0.130. The summed E-state index contributed by atoms with van der Waals surface area (Å²) in [6.07, 6.45) is 0. The lowest BCUT2D eigenvalue weighted by Gasteiger charge is -2.15. The van der Waals surface area contributed by atoms with E-state index in [4.69, 9.17) is 9.47 Å². The second kappa shape index (κ2) is 8.35. The molecule has 0 saturated heterocycles. The van der Waals surface area contributed by atoms with Gasteiger partial charge in [-0.2, -0.15) is 0 Å². The molecule has 0 radical (unpaired) electrons. The van der Waals surface area contributed by atoms with Crippen molar-refractivity contribution in [1.29, 1.82) is 0 Å². The number of para-hydroxylation sites is 1. The van der Waals surface area contributed by atoms with Gasteiger partial charge < -0.3 is 9.47 Å². The molecular weight excluding hydrogens is 430 g/mol. The molecule has 164 valence electrons. The molecule has 1 heterocycles. The van der Waals surface area contributed by atoms with E-state index in [1.807, 2.05) is 6.07 Å². The molecule has 0 spiro atoms. The molecular formula is C23H21N3O5S. The Balaban J connectivity index is 1.74. The maximum atomic E-state index is 13.1. The van der Waals surface area contributed by atoms with Gasteiger partial charge in [-0.25, -0.2) is 13.4 Å². The molecule has 0 atom stereocenters. The molecule has 9 heteroatoms. The van der Waals surface area contributed by atoms with Crippen molar-refractivity contribution in [2.24, 2.45) is 0 Å². The minimum absolute atomic E-state index is 0.0789. The Morgan fingerprint density at radius 1 is 0.938 bits per heavy atom. The van der Waals surface area contributed by atoms with Gasteiger partial charge in [0, 0.05) is 6.07 Å². The maximum absolute atomic E-state index is 13.1. The van der Waals surface area contributed by atoms with E-state index in [0.717, 1.165) is 0 Å². The SMILES string of the molecule is COc1ccc(S(=O)(=O)Nc2ccc(-n3c(C)nc4ccccc4c3=O)cc2OC)cc1. The number of aromatic nitrogens is 2. The topological polar surface area (TPSA) is 99.5 Å². The fourth-order valence-corrected chi connectivity index (χ4v) is 4.48. The number of aryl methyl sites for hydroxylation is 1. The largest absolute Gasteiger partial charge is 0.497 e. The van der Waals surface area contributed by atoms with Crippen LogP contribution in [-0.4, -0.2) is 32.2 Å². The molecule has 0 amide bonds. The minimum atomic E-state index is -3.86. The van der Waals surface area contributed by atoms with E-state index >= 15 is 0 Å². The van der Waals surface area contributed by atoms with Crippen molar-refractivity contribution in [2.75, 3.05) is 18.9 Å². The van der Waals surface area contributed by atoms with Gasteiger partial charge in [0.1, 0.15) is 17.3 Å². The van der Waals surface area contributed by atoms with E-state index in [2.05, 4.69) is 9.71 Å². The van der Waals surface area contributed by atoms with Gasteiger partial charge in [-0.15, -0.1) is 0 Å². The molecule has 0 aliphatic carbocycles. The second-order valence-corrected chi connectivity index (χ2v) is 8.66. The van der Waals surface area contributed by atoms with E-state index < -0.39 is 10.0 Å². The van der Waals surface area contributed by atoms with Gasteiger partial charge in [0.2, 0.25) is 0 Å². The number of benzene rings is 3. The summed E-state index contributed by atoms with van der Waals surface area (Å²) in [6, 6.07) is 17.9. The third-order valence-corrected chi connectivity index (χ3v) is 6.38. The highest BCUT2D eigenvalue weighted by Crippen LogP contribution is 2.30. The zero-order valence-electron chi connectivity index (χ0n) is 17.7. The van der Waals surface area contributed by atoms with E-state index in [0.29, 0.717) is 28.2 Å². The number of hydrogen-bond acceptors (Lipinski definition) is 6. The van der Waals surface area contributed by atoms with Crippen molar-refractivity contribution in [3.05, 3.63) is 82.9 Å². The first-order valence-corrected chi connectivity index (χ1v) is 11.2. The van der Waals surface area contributed by atoms with Crippen LogP contribution in [0.2, 0.25) is 0 Å². The van der Waals surface area contributed by atoms with Crippen LogP contribution in [0, 0.1) is 6.92 Å². The molecule has 1 aromatic heterocycles. The molecule has 3 aromatic carbocycles. The minimum Gasteiger partial charge on any atom is -0.497 e. The first kappa shape index (κ1) is 21.4. The van der Waals surface area contributed by atoms with Crippen LogP contribution in [0.3, 0.4) is 0 Å². The van der Waals surface area contributed by atoms with E-state index in [1.165, 1.54) is 30.9 Å². The number of rotatable bonds is 6. The van der Waals surface area contributed by atoms with Crippen LogP contribution in [0.25, 0.3) is 16.6 Å². The van der Waals surface area contributed by atoms with Crippen LogP contribution in [-0.2, 0) is 10.0 Å². The molecule has 0 unspecified atom stereocenters. The predicted molar refractivity (Wildman–Crippen MR) is 122 cm³/mol. The normalized spacial score (nSPS) is 11.3. The molecule has 1 N–H and O–H groups in total. The van der Waals surface area contributed by atoms with Crippen LogP contribution < -0.4 is 19.8 Å². The molecule has 4 aromatic rings. The van der Waals surface area contributed by atoms with Gasteiger partial charge >= 0.3 is 0 Å². The Bertz CT molecular complexity index is 1460. The Labute approximate surface area is 185 Å². The van der Waals surface area contributed by atoms with E-state index in [1.54, 1.807) is 55.5 Å². The number of ether oxygens (including phenoxy) is 2. The summed E-state index contributed by atoms with van der Waals surface area (Å²) in [7, 11) is -0.925. The summed E-state index contributed by atoms with van der Waals surface area (Å²) < 4.78 is 40.1. The zero-order chi connectivity index (χ0) is 22.9. The summed E-state index contributed by atoms with van der Waals surface area (Å²) in [5.74, 6) is 1.32. The van der Waals surface area contributed by atoms with Crippen molar-refractivity contribution < 1.29 is 17.9 Å². The summed E-state index contributed by atoms with van der Waals surface area (Å²) in [5.41, 5.74) is 1.14. The summed E-state index contributed by atoms with van der Waals surface area (Å²) >= 11 is 0. The number of anilines is 1. The van der Waals surface area contributed by atoms with Gasteiger partial charge in [-0.1, -0.05) is 12.1 Å². The smallest absolute Gasteiger partial charge is 0.265 e. The van der Waals surface area contributed by atoms with Crippen LogP contribution >= 0.6 is 0 Å². The van der Waals surface area contributed by atoms with Crippen molar-refractivity contribution in [2.45, 2.75) is 11.8 Å². The van der Waals surface area contributed by atoms with Crippen LogP contribution in [0.15, 0.2) is 76.4 Å². The Kier molecular flexibility index (Phi) is 5.58. The first-order chi connectivity index (χ1) is 15.3. The highest BCUT2D eigenvalue weighted by molar-refractivity contribution is 7.92. The Hall–Kier alpha value is -3.85. The van der Waals surface area contributed by atoms with Crippen molar-refractivity contribution in [3.63, 3.8) is 0 Å². The molecule has 8 nitrogen and oxygen atoms in total. The third kappa shape index (κ3) is 3.90. The average Bonchev–Trinajstić information content (AvgIpc) is 2.79. The second-order valence-electron chi connectivity index (χ2n) is 6.98. The van der Waals surface area contributed by atoms with Gasteiger partial charge in [0.15, 0.2) is 0 Å². The summed E-state index contributed by atoms with van der Waals surface area (Å²) in [6.45, 7) is 1.74. The van der Waals surface area contributed by atoms with Gasteiger partial charge in [-0.05, 0) is 55.5 Å². The third-order valence-electron chi connectivity index (χ3n) is 5.00. The highest BCUT2D eigenvalue weighted by Gasteiger charge is 2.18. The molecule has 4 rings (SSSR count). The predicted octanol–water partition coefficient (Wildman–Crippen LogP) is 3.51. The van der Waals surface area contributed by atoms with E-state index in [-0.39, 0.29) is 21.9 Å². The molecule has 32 heavy (non-hydrogen) atoms. The molecule has 0 aliphatic rings. The molecule has 0 bridgehead atoms. The Morgan fingerprint density at radius 2 is 1.66 bits per heavy atom. The number of nitrogens with zero attached hydrogens (tertiary/aromatic N) is 2. The van der Waals surface area contributed by atoms with Crippen LogP contribution in [0.5, 0.6) is 11.5 Å². The summed E-state index contributed by atoms with van der Waals surface area (Å²) in [4.78, 5) is 17.6. The lowest BCUT2D eigenvalue weighted by Crippen LogP contribution is -2.22. The van der Waals surface area contributed by atoms with Crippen molar-refractivity contribution in [3.8, 4) is 17.2 Å². The lowest BCUT2D eigenvalue weighted by atomic mass is 10.2. The maximum Gasteiger partial charge on any atom is 0.265 e. The molecule has 0 fully saturated rings. The van der Waals surface area contributed by atoms with Gasteiger partial charge in [-0.3, -0.25) is 14.1 Å². The standard InChI is InChI=1S/C23H21N3O5S/c1-15-24-20-7-5-4-6-19(20)23(27)26(15)16-8-13-21(22(14-16)31-3)25-32(28,29)18-11-9-17(30-2)10-12-18/h4-14,25H,1-3H3. The summed E-state index contributed by atoms with van der Waals surface area (Å²) in [5, 5.41) is 0.487. The number of fused-ring (bicyclic) bond motifs is 1. The number of nitrogens with one attached hydrogen (secondary N) is 1. The number of sulfonamides is 1. The molecule has 0 saturated carbocycles.